The van der Waals surface area contributed by atoms with E-state index < -0.39 is 0 Å². The van der Waals surface area contributed by atoms with Crippen molar-refractivity contribution in [2.75, 3.05) is 7.11 Å². The summed E-state index contributed by atoms with van der Waals surface area (Å²) in [6.45, 7) is 4.46. The van der Waals surface area contributed by atoms with Crippen LogP contribution in [0.15, 0.2) is 11.8 Å². The second kappa shape index (κ2) is 3.09. The van der Waals surface area contributed by atoms with Crippen LogP contribution in [0.5, 0.6) is 0 Å². The van der Waals surface area contributed by atoms with Gasteiger partial charge in [-0.15, -0.1) is 0 Å². The molecular formula is C9H16O. The van der Waals surface area contributed by atoms with E-state index in [-0.39, 0.29) is 0 Å². The monoisotopic (exact) mass is 140 g/mol. The van der Waals surface area contributed by atoms with Crippen LogP contribution in [0.3, 0.4) is 0 Å². The summed E-state index contributed by atoms with van der Waals surface area (Å²) in [5.74, 6) is 2.53. The van der Waals surface area contributed by atoms with Crippen molar-refractivity contribution >= 4 is 0 Å². The molecule has 0 heterocycles. The van der Waals surface area contributed by atoms with Gasteiger partial charge < -0.3 is 4.74 Å². The topological polar surface area (TPSA) is 9.23 Å². The molecule has 2 atom stereocenters. The molecule has 0 aliphatic heterocycles. The summed E-state index contributed by atoms with van der Waals surface area (Å²) >= 11 is 0. The summed E-state index contributed by atoms with van der Waals surface area (Å²) < 4.78 is 5.23. The molecule has 1 heteroatoms. The maximum Gasteiger partial charge on any atom is 0.0946 e. The standard InChI is InChI=1S/C9H16O/c1-7-4-5-8(2)9(6-7)10-3/h6-8H,4-5H2,1-3H3/t7?,8-/m1/s1. The first kappa shape index (κ1) is 7.64. The van der Waals surface area contributed by atoms with E-state index in [1.165, 1.54) is 18.6 Å². The molecule has 0 N–H and O–H groups in total. The number of hydrogen-bond acceptors (Lipinski definition) is 1. The Labute approximate surface area is 63.1 Å². The number of rotatable bonds is 1. The van der Waals surface area contributed by atoms with Crippen molar-refractivity contribution in [2.24, 2.45) is 11.8 Å². The minimum atomic E-state index is 0.640. The Kier molecular flexibility index (Phi) is 2.36. The predicted molar refractivity (Wildman–Crippen MR) is 42.7 cm³/mol. The van der Waals surface area contributed by atoms with Crippen LogP contribution in [0.25, 0.3) is 0 Å². The van der Waals surface area contributed by atoms with Gasteiger partial charge in [-0.3, -0.25) is 0 Å². The van der Waals surface area contributed by atoms with E-state index in [2.05, 4.69) is 19.9 Å². The SMILES string of the molecule is COC1=CC(C)CC[C@H]1C. The first-order valence-electron chi connectivity index (χ1n) is 3.99. The molecule has 1 unspecified atom stereocenters. The van der Waals surface area contributed by atoms with Crippen LogP contribution < -0.4 is 0 Å². The second-order valence-electron chi connectivity index (χ2n) is 3.23. The molecule has 0 aromatic carbocycles. The molecule has 1 aliphatic rings. The van der Waals surface area contributed by atoms with Crippen molar-refractivity contribution in [3.63, 3.8) is 0 Å². The van der Waals surface area contributed by atoms with Gasteiger partial charge in [-0.05, 0) is 24.8 Å². The van der Waals surface area contributed by atoms with Gasteiger partial charge >= 0.3 is 0 Å². The molecule has 1 rings (SSSR count). The molecule has 0 aromatic rings. The number of ether oxygens (including phenoxy) is 1. The molecule has 0 bridgehead atoms. The van der Waals surface area contributed by atoms with Gasteiger partial charge in [-0.1, -0.05) is 13.8 Å². The zero-order valence-electron chi connectivity index (χ0n) is 7.05. The molecule has 1 aliphatic carbocycles. The van der Waals surface area contributed by atoms with Crippen LogP contribution in [-0.2, 0) is 4.74 Å². The summed E-state index contributed by atoms with van der Waals surface area (Å²) in [5, 5.41) is 0. The van der Waals surface area contributed by atoms with Crippen LogP contribution in [0.2, 0.25) is 0 Å². The molecular weight excluding hydrogens is 124 g/mol. The van der Waals surface area contributed by atoms with E-state index in [1.54, 1.807) is 7.11 Å². The van der Waals surface area contributed by atoms with Gasteiger partial charge in [0.05, 0.1) is 12.9 Å². The fourth-order valence-electron chi connectivity index (χ4n) is 1.45. The molecule has 0 aromatic heterocycles. The Bertz CT molecular complexity index is 138. The Morgan fingerprint density at radius 3 is 2.60 bits per heavy atom. The molecule has 10 heavy (non-hydrogen) atoms. The number of hydrogen-bond donors (Lipinski definition) is 0. The predicted octanol–water partition coefficient (Wildman–Crippen LogP) is 2.58. The third-order valence-corrected chi connectivity index (χ3v) is 2.23. The summed E-state index contributed by atoms with van der Waals surface area (Å²) in [6.07, 6.45) is 4.84. The normalized spacial score (nSPS) is 33.3. The lowest BCUT2D eigenvalue weighted by Crippen LogP contribution is -2.10. The van der Waals surface area contributed by atoms with Crippen LogP contribution in [0.1, 0.15) is 26.7 Å². The van der Waals surface area contributed by atoms with Gasteiger partial charge in [0.2, 0.25) is 0 Å². The first-order valence-corrected chi connectivity index (χ1v) is 3.99. The average Bonchev–Trinajstić information content (AvgIpc) is 1.94. The molecule has 0 saturated carbocycles. The molecule has 0 amide bonds. The second-order valence-corrected chi connectivity index (χ2v) is 3.23. The summed E-state index contributed by atoms with van der Waals surface area (Å²) in [4.78, 5) is 0. The highest BCUT2D eigenvalue weighted by Gasteiger charge is 2.16. The van der Waals surface area contributed by atoms with Gasteiger partial charge in [0.25, 0.3) is 0 Å². The molecule has 0 fully saturated rings. The van der Waals surface area contributed by atoms with Crippen LogP contribution in [0, 0.1) is 11.8 Å². The molecule has 58 valence electrons. The van der Waals surface area contributed by atoms with Crippen LogP contribution >= 0.6 is 0 Å². The zero-order valence-corrected chi connectivity index (χ0v) is 7.05. The van der Waals surface area contributed by atoms with Crippen LogP contribution in [0.4, 0.5) is 0 Å². The van der Waals surface area contributed by atoms with E-state index in [9.17, 15) is 0 Å². The van der Waals surface area contributed by atoms with E-state index in [0.717, 1.165) is 0 Å². The van der Waals surface area contributed by atoms with Crippen molar-refractivity contribution in [1.82, 2.24) is 0 Å². The maximum atomic E-state index is 5.23. The lowest BCUT2D eigenvalue weighted by atomic mass is 9.89. The van der Waals surface area contributed by atoms with Crippen molar-refractivity contribution in [3.8, 4) is 0 Å². The van der Waals surface area contributed by atoms with Gasteiger partial charge in [0, 0.05) is 5.92 Å². The Hall–Kier alpha value is -0.460. The van der Waals surface area contributed by atoms with Gasteiger partial charge in [-0.25, -0.2) is 0 Å². The molecule has 0 saturated heterocycles. The first-order chi connectivity index (χ1) is 4.74. The fraction of sp³-hybridized carbons (Fsp3) is 0.778. The largest absolute Gasteiger partial charge is 0.501 e. The van der Waals surface area contributed by atoms with E-state index in [4.69, 9.17) is 4.74 Å². The highest BCUT2D eigenvalue weighted by Crippen LogP contribution is 2.27. The third kappa shape index (κ3) is 1.53. The van der Waals surface area contributed by atoms with E-state index in [0.29, 0.717) is 11.8 Å². The van der Waals surface area contributed by atoms with Gasteiger partial charge in [0.15, 0.2) is 0 Å². The van der Waals surface area contributed by atoms with Crippen molar-refractivity contribution < 1.29 is 4.74 Å². The smallest absolute Gasteiger partial charge is 0.0946 e. The Morgan fingerprint density at radius 2 is 2.10 bits per heavy atom. The minimum Gasteiger partial charge on any atom is -0.501 e. The van der Waals surface area contributed by atoms with E-state index >= 15 is 0 Å². The molecule has 0 spiro atoms. The highest BCUT2D eigenvalue weighted by atomic mass is 16.5. The van der Waals surface area contributed by atoms with Crippen LogP contribution in [-0.4, -0.2) is 7.11 Å². The van der Waals surface area contributed by atoms with Gasteiger partial charge in [0.1, 0.15) is 0 Å². The average molecular weight is 140 g/mol. The Balaban J connectivity index is 2.62. The van der Waals surface area contributed by atoms with Crippen molar-refractivity contribution in [1.29, 1.82) is 0 Å². The number of allylic oxidation sites excluding steroid dienone is 2. The zero-order chi connectivity index (χ0) is 7.56. The van der Waals surface area contributed by atoms with E-state index in [1.807, 2.05) is 0 Å². The van der Waals surface area contributed by atoms with Gasteiger partial charge in [-0.2, -0.15) is 0 Å². The maximum absolute atomic E-state index is 5.23. The van der Waals surface area contributed by atoms with Crippen molar-refractivity contribution in [2.45, 2.75) is 26.7 Å². The number of methoxy groups -OCH3 is 1. The lowest BCUT2D eigenvalue weighted by Gasteiger charge is -2.22. The summed E-state index contributed by atoms with van der Waals surface area (Å²) in [7, 11) is 1.76. The summed E-state index contributed by atoms with van der Waals surface area (Å²) in [6, 6.07) is 0. The minimum absolute atomic E-state index is 0.640. The van der Waals surface area contributed by atoms with Crippen molar-refractivity contribution in [3.05, 3.63) is 11.8 Å². The lowest BCUT2D eigenvalue weighted by molar-refractivity contribution is 0.223. The Morgan fingerprint density at radius 1 is 1.40 bits per heavy atom. The quantitative estimate of drug-likeness (QED) is 0.544. The molecule has 1 nitrogen and oxygen atoms in total. The molecule has 0 radical (unpaired) electrons. The third-order valence-electron chi connectivity index (χ3n) is 2.23. The fourth-order valence-corrected chi connectivity index (χ4v) is 1.45. The summed E-state index contributed by atoms with van der Waals surface area (Å²) in [5.41, 5.74) is 0. The highest BCUT2D eigenvalue weighted by molar-refractivity contribution is 5.03.